The third-order valence-electron chi connectivity index (χ3n) is 3.27. The van der Waals surface area contributed by atoms with Crippen LogP contribution in [0.5, 0.6) is 0 Å². The van der Waals surface area contributed by atoms with Crippen LogP contribution in [0.4, 0.5) is 0 Å². The van der Waals surface area contributed by atoms with Crippen molar-refractivity contribution in [3.05, 3.63) is 0 Å². The van der Waals surface area contributed by atoms with Crippen LogP contribution in [0.3, 0.4) is 0 Å². The van der Waals surface area contributed by atoms with Gasteiger partial charge in [-0.3, -0.25) is 4.84 Å². The highest BCUT2D eigenvalue weighted by Gasteiger charge is 2.57. The fourth-order valence-corrected chi connectivity index (χ4v) is 3.17. The maximum Gasteiger partial charge on any atom is 0.162 e. The second-order valence-corrected chi connectivity index (χ2v) is 5.91. The number of hydrogen-bond donors (Lipinski definition) is 2. The predicted molar refractivity (Wildman–Crippen MR) is 51.7 cm³/mol. The molecule has 0 aromatic heterocycles. The van der Waals surface area contributed by atoms with Gasteiger partial charge in [0, 0.05) is 6.42 Å². The van der Waals surface area contributed by atoms with E-state index in [1.807, 2.05) is 0 Å². The maximum atomic E-state index is 5.82. The normalized spacial score (nSPS) is 48.0. The van der Waals surface area contributed by atoms with Crippen molar-refractivity contribution in [2.75, 3.05) is 6.54 Å². The molecule has 0 amide bonds. The van der Waals surface area contributed by atoms with Crippen molar-refractivity contribution >= 4 is 0 Å². The maximum absolute atomic E-state index is 5.82. The van der Waals surface area contributed by atoms with Gasteiger partial charge in [0.2, 0.25) is 0 Å². The molecule has 1 aliphatic heterocycles. The van der Waals surface area contributed by atoms with Gasteiger partial charge in [0.25, 0.3) is 0 Å². The Morgan fingerprint density at radius 3 is 2.31 bits per heavy atom. The molecule has 2 unspecified atom stereocenters. The monoisotopic (exact) mass is 184 g/mol. The van der Waals surface area contributed by atoms with Gasteiger partial charge in [-0.15, -0.1) is 0 Å². The Balaban J connectivity index is 2.17. The zero-order valence-corrected chi connectivity index (χ0v) is 8.81. The van der Waals surface area contributed by atoms with Crippen LogP contribution in [0, 0.1) is 10.8 Å². The molecule has 0 bridgehead atoms. The Morgan fingerprint density at radius 2 is 1.85 bits per heavy atom. The van der Waals surface area contributed by atoms with E-state index in [0.29, 0.717) is 5.41 Å². The van der Waals surface area contributed by atoms with Crippen molar-refractivity contribution in [1.82, 2.24) is 5.48 Å². The van der Waals surface area contributed by atoms with Crippen molar-refractivity contribution in [2.45, 2.75) is 45.8 Å². The predicted octanol–water partition coefficient (Wildman–Crippen LogP) is 1.39. The first-order chi connectivity index (χ1) is 5.89. The highest BCUT2D eigenvalue weighted by molar-refractivity contribution is 5.02. The van der Waals surface area contributed by atoms with Crippen molar-refractivity contribution in [3.63, 3.8) is 0 Å². The van der Waals surface area contributed by atoms with E-state index in [4.69, 9.17) is 10.6 Å². The Bertz CT molecular complexity index is 215. The first kappa shape index (κ1) is 9.44. The van der Waals surface area contributed by atoms with Crippen LogP contribution in [-0.2, 0) is 4.84 Å². The zero-order chi connectivity index (χ0) is 9.74. The fraction of sp³-hybridized carbons (Fsp3) is 1.00. The summed E-state index contributed by atoms with van der Waals surface area (Å²) >= 11 is 0. The van der Waals surface area contributed by atoms with Crippen molar-refractivity contribution in [1.29, 1.82) is 0 Å². The quantitative estimate of drug-likeness (QED) is 0.605. The lowest BCUT2D eigenvalue weighted by atomic mass is 9.62. The minimum atomic E-state index is -0.0319. The molecule has 3 nitrogen and oxygen atoms in total. The number of hydroxylamine groups is 1. The lowest BCUT2D eigenvalue weighted by molar-refractivity contribution is 0.0373. The highest BCUT2D eigenvalue weighted by atomic mass is 16.8. The Hall–Kier alpha value is -0.120. The largest absolute Gasteiger partial charge is 0.330 e. The lowest BCUT2D eigenvalue weighted by Crippen LogP contribution is -2.45. The Labute approximate surface area is 80.0 Å². The van der Waals surface area contributed by atoms with Crippen LogP contribution in [0.15, 0.2) is 0 Å². The summed E-state index contributed by atoms with van der Waals surface area (Å²) in [6.07, 6.45) is 3.36. The third kappa shape index (κ3) is 1.73. The SMILES string of the molecule is CC1(C)CC(C)(CN)CC2(C1)NO2. The average Bonchev–Trinajstić information content (AvgIpc) is 2.64. The molecule has 1 spiro atoms. The molecule has 3 N–H and O–H groups in total. The molecule has 0 aromatic rings. The van der Waals surface area contributed by atoms with Crippen LogP contribution in [0.25, 0.3) is 0 Å². The first-order valence-electron chi connectivity index (χ1n) is 5.04. The van der Waals surface area contributed by atoms with Crippen LogP contribution < -0.4 is 11.2 Å². The molecule has 1 saturated carbocycles. The van der Waals surface area contributed by atoms with Crippen LogP contribution in [0.2, 0.25) is 0 Å². The fourth-order valence-electron chi connectivity index (χ4n) is 3.17. The van der Waals surface area contributed by atoms with Gasteiger partial charge in [-0.2, -0.15) is 5.48 Å². The van der Waals surface area contributed by atoms with Gasteiger partial charge in [-0.05, 0) is 30.2 Å². The lowest BCUT2D eigenvalue weighted by Gasteiger charge is -2.44. The first-order valence-corrected chi connectivity index (χ1v) is 5.04. The summed E-state index contributed by atoms with van der Waals surface area (Å²) < 4.78 is 0. The standard InChI is InChI=1S/C10H20N2O/c1-8(2)4-9(3,7-11)6-10(5-8)12-13-10/h12H,4-7,11H2,1-3H3. The molecule has 2 fully saturated rings. The molecule has 1 heterocycles. The van der Waals surface area contributed by atoms with Crippen molar-refractivity contribution in [2.24, 2.45) is 16.6 Å². The molecule has 13 heavy (non-hydrogen) atoms. The molecule has 76 valence electrons. The van der Waals surface area contributed by atoms with E-state index in [9.17, 15) is 0 Å². The molecular formula is C10H20N2O. The minimum absolute atomic E-state index is 0.0319. The summed E-state index contributed by atoms with van der Waals surface area (Å²) in [4.78, 5) is 5.36. The van der Waals surface area contributed by atoms with Gasteiger partial charge in [0.05, 0.1) is 0 Å². The van der Waals surface area contributed by atoms with Crippen LogP contribution in [0.1, 0.15) is 40.0 Å². The van der Waals surface area contributed by atoms with Crippen LogP contribution in [-0.4, -0.2) is 12.3 Å². The molecule has 2 atom stereocenters. The van der Waals surface area contributed by atoms with Gasteiger partial charge in [0.1, 0.15) is 0 Å². The number of hydrogen-bond acceptors (Lipinski definition) is 3. The molecular weight excluding hydrogens is 164 g/mol. The van der Waals surface area contributed by atoms with E-state index in [2.05, 4.69) is 26.3 Å². The van der Waals surface area contributed by atoms with Gasteiger partial charge in [-0.25, -0.2) is 0 Å². The summed E-state index contributed by atoms with van der Waals surface area (Å²) in [6.45, 7) is 7.61. The third-order valence-corrected chi connectivity index (χ3v) is 3.27. The van der Waals surface area contributed by atoms with Gasteiger partial charge in [0.15, 0.2) is 5.72 Å². The molecule has 3 heteroatoms. The van der Waals surface area contributed by atoms with E-state index in [1.165, 1.54) is 6.42 Å². The smallest absolute Gasteiger partial charge is 0.162 e. The second-order valence-electron chi connectivity index (χ2n) is 5.91. The zero-order valence-electron chi connectivity index (χ0n) is 8.81. The Kier molecular flexibility index (Phi) is 1.79. The molecule has 0 radical (unpaired) electrons. The number of rotatable bonds is 1. The summed E-state index contributed by atoms with van der Waals surface area (Å²) in [6, 6.07) is 0. The molecule has 2 aliphatic rings. The second kappa shape index (κ2) is 2.47. The molecule has 0 aromatic carbocycles. The van der Waals surface area contributed by atoms with E-state index >= 15 is 0 Å². The number of nitrogens with two attached hydrogens (primary N) is 1. The minimum Gasteiger partial charge on any atom is -0.330 e. The van der Waals surface area contributed by atoms with Gasteiger partial charge in [-0.1, -0.05) is 20.8 Å². The summed E-state index contributed by atoms with van der Waals surface area (Å²) in [5.41, 5.74) is 9.42. The Morgan fingerprint density at radius 1 is 1.23 bits per heavy atom. The summed E-state index contributed by atoms with van der Waals surface area (Å²) in [5, 5.41) is 0. The van der Waals surface area contributed by atoms with Crippen molar-refractivity contribution < 1.29 is 4.84 Å². The summed E-state index contributed by atoms with van der Waals surface area (Å²) in [7, 11) is 0. The van der Waals surface area contributed by atoms with Crippen LogP contribution >= 0.6 is 0 Å². The van der Waals surface area contributed by atoms with E-state index in [1.54, 1.807) is 0 Å². The number of nitrogens with one attached hydrogen (secondary N) is 1. The molecule has 1 saturated heterocycles. The topological polar surface area (TPSA) is 60.5 Å². The summed E-state index contributed by atoms with van der Waals surface area (Å²) in [5.74, 6) is 0. The van der Waals surface area contributed by atoms with E-state index in [0.717, 1.165) is 19.4 Å². The van der Waals surface area contributed by atoms with E-state index < -0.39 is 0 Å². The van der Waals surface area contributed by atoms with Gasteiger partial charge < -0.3 is 5.73 Å². The highest BCUT2D eigenvalue weighted by Crippen LogP contribution is 2.53. The van der Waals surface area contributed by atoms with Gasteiger partial charge >= 0.3 is 0 Å². The van der Waals surface area contributed by atoms with E-state index in [-0.39, 0.29) is 11.1 Å². The molecule has 1 aliphatic carbocycles. The molecule has 2 rings (SSSR count). The van der Waals surface area contributed by atoms with Crippen molar-refractivity contribution in [3.8, 4) is 0 Å². The average molecular weight is 184 g/mol.